The van der Waals surface area contributed by atoms with Gasteiger partial charge in [0, 0.05) is 49.9 Å². The second-order valence-corrected chi connectivity index (χ2v) is 24.8. The zero-order valence-electron chi connectivity index (χ0n) is 41.5. The van der Waals surface area contributed by atoms with Gasteiger partial charge in [0.2, 0.25) is 0 Å². The quantitative estimate of drug-likeness (QED) is 0.133. The van der Waals surface area contributed by atoms with E-state index in [9.17, 15) is 0 Å². The van der Waals surface area contributed by atoms with Crippen LogP contribution in [0.4, 0.5) is 17.1 Å². The van der Waals surface area contributed by atoms with Crippen LogP contribution >= 0.6 is 0 Å². The molecule has 4 heteroatoms. The molecule has 4 aliphatic carbocycles. The number of benzene rings is 5. The van der Waals surface area contributed by atoms with Gasteiger partial charge in [-0.1, -0.05) is 128 Å². The van der Waals surface area contributed by atoms with E-state index in [4.69, 9.17) is 4.74 Å². The molecule has 1 fully saturated rings. The number of fused-ring (bicyclic) bond motifs is 17. The number of para-hydroxylation sites is 1. The Balaban J connectivity index is 1.20. The molecule has 6 atom stereocenters. The van der Waals surface area contributed by atoms with Crippen molar-refractivity contribution in [1.29, 1.82) is 0 Å². The highest BCUT2D eigenvalue weighted by Crippen LogP contribution is 2.72. The summed E-state index contributed by atoms with van der Waals surface area (Å²) in [6, 6.07) is 32.1. The van der Waals surface area contributed by atoms with Crippen LogP contribution in [0.5, 0.6) is 5.75 Å². The van der Waals surface area contributed by atoms with E-state index in [-0.39, 0.29) is 40.0 Å². The maximum Gasteiger partial charge on any atom is 0.328 e. The lowest BCUT2D eigenvalue weighted by Crippen LogP contribution is -2.75. The number of unbranched alkanes of at least 4 members (excludes halogenated alkanes) is 1. The number of rotatable bonds is 3. The highest BCUT2D eigenvalue weighted by molar-refractivity contribution is 6.88. The molecule has 5 aromatic rings. The Kier molecular flexibility index (Phi) is 7.41. The third-order valence-electron chi connectivity index (χ3n) is 20.6. The summed E-state index contributed by atoms with van der Waals surface area (Å²) in [5, 5.41) is 2.69. The van der Waals surface area contributed by atoms with Crippen LogP contribution in [-0.2, 0) is 33.5 Å². The predicted octanol–water partition coefficient (Wildman–Crippen LogP) is 14.7. The summed E-state index contributed by atoms with van der Waals surface area (Å²) < 4.78 is 8.02. The fraction of sp³-hybridized carbons (Fsp3) is 0.452. The Morgan fingerprint density at radius 3 is 2.23 bits per heavy atom. The van der Waals surface area contributed by atoms with Gasteiger partial charge in [-0.25, -0.2) is 0 Å². The molecule has 0 N–H and O–H groups in total. The van der Waals surface area contributed by atoms with E-state index in [1.165, 1.54) is 135 Å². The molecule has 0 aromatic heterocycles. The third-order valence-corrected chi connectivity index (χ3v) is 20.6. The molecule has 0 spiro atoms. The van der Waals surface area contributed by atoms with Crippen LogP contribution in [-0.4, -0.2) is 17.9 Å². The topological polar surface area (TPSA) is 15.7 Å². The molecular weight excluding hydrogens is 800 g/mol. The highest BCUT2D eigenvalue weighted by atomic mass is 16.5. The van der Waals surface area contributed by atoms with Crippen LogP contribution in [0.3, 0.4) is 0 Å². The summed E-state index contributed by atoms with van der Waals surface area (Å²) in [4.78, 5) is 5.97. The molecule has 0 bridgehead atoms. The molecule has 5 aromatic carbocycles. The van der Waals surface area contributed by atoms with Crippen LogP contribution in [0.2, 0.25) is 0 Å². The molecule has 0 radical (unpaired) electrons. The summed E-state index contributed by atoms with van der Waals surface area (Å²) in [5.41, 5.74) is 20.9. The van der Waals surface area contributed by atoms with Crippen molar-refractivity contribution in [3.8, 4) is 16.9 Å². The number of hydrogen-bond donors (Lipinski definition) is 0. The average molecular weight is 867 g/mol. The minimum Gasteiger partial charge on any atom is -0.461 e. The van der Waals surface area contributed by atoms with Crippen molar-refractivity contribution < 1.29 is 4.74 Å². The smallest absolute Gasteiger partial charge is 0.328 e. The van der Waals surface area contributed by atoms with E-state index in [1.807, 2.05) is 0 Å². The van der Waals surface area contributed by atoms with Gasteiger partial charge in [0.1, 0.15) is 11.5 Å². The predicted molar refractivity (Wildman–Crippen MR) is 276 cm³/mol. The number of ether oxygens (including phenoxy) is 1. The lowest BCUT2D eigenvalue weighted by Gasteiger charge is -2.66. The Morgan fingerprint density at radius 2 is 1.44 bits per heavy atom. The van der Waals surface area contributed by atoms with Gasteiger partial charge >= 0.3 is 6.85 Å². The fourth-order valence-electron chi connectivity index (χ4n) is 16.9. The summed E-state index contributed by atoms with van der Waals surface area (Å²) in [7, 11) is 0. The van der Waals surface area contributed by atoms with Crippen molar-refractivity contribution in [2.75, 3.05) is 9.71 Å². The van der Waals surface area contributed by atoms with E-state index < -0.39 is 11.0 Å². The molecular formula is C62H67BN2O. The lowest BCUT2D eigenvalue weighted by molar-refractivity contribution is 0.198. The zero-order valence-corrected chi connectivity index (χ0v) is 41.5. The first-order valence-electron chi connectivity index (χ1n) is 25.9. The minimum atomic E-state index is -0.533. The first-order chi connectivity index (χ1) is 31.4. The SMILES string of the molecule is CCCCc1cc2c3c(c1)C1(C)CCCCC1(C)N3B1C3=C4Oc5cc6c(cc5C4(C)C4=C5C(C)(C=CC4C)c4ccccc4N(c4c1c-2cc1ccccc41)C35C)C(C)(C)CCC6(C)C. The van der Waals surface area contributed by atoms with E-state index in [0.717, 1.165) is 12.2 Å². The van der Waals surface area contributed by atoms with E-state index in [0.29, 0.717) is 0 Å². The standard InChI is InChI=1S/C62H67BN2O/c1-12-13-20-37-31-41-40-33-38-21-14-15-22-39(38)52-50(40)63(65-51(41)46(32-37)59(8)26-18-19-27-60(59,65)9)54-55-61(10,45-34-43-44(35-48(45)66-55)57(5,6)30-29-56(43,3)4)49-36(2)25-28-58(7)42-23-16-17-24-47(42)64(52)62(54,11)53(49)58/h14-17,21-25,28,31-36H,12-13,18-20,26-27,29-30H2,1-11H3. The molecule has 0 saturated heterocycles. The Hall–Kier alpha value is -4.96. The molecule has 0 amide bonds. The van der Waals surface area contributed by atoms with Gasteiger partial charge in [-0.05, 0) is 174 Å². The molecule has 14 rings (SSSR count). The Morgan fingerprint density at radius 1 is 0.712 bits per heavy atom. The largest absolute Gasteiger partial charge is 0.461 e. The minimum absolute atomic E-state index is 0.0103. The van der Waals surface area contributed by atoms with Crippen LogP contribution in [0.15, 0.2) is 113 Å². The Bertz CT molecular complexity index is 3200. The fourth-order valence-corrected chi connectivity index (χ4v) is 16.9. The molecule has 66 heavy (non-hydrogen) atoms. The van der Waals surface area contributed by atoms with E-state index >= 15 is 0 Å². The summed E-state index contributed by atoms with van der Waals surface area (Å²) in [5.74, 6) is 2.52. The highest BCUT2D eigenvalue weighted by Gasteiger charge is 2.72. The first kappa shape index (κ1) is 40.1. The van der Waals surface area contributed by atoms with Crippen LogP contribution in [0, 0.1) is 5.92 Å². The molecule has 1 saturated carbocycles. The molecule has 5 aliphatic heterocycles. The second-order valence-electron chi connectivity index (χ2n) is 24.8. The van der Waals surface area contributed by atoms with Crippen molar-refractivity contribution in [2.24, 2.45) is 5.92 Å². The molecule has 9 aliphatic rings. The summed E-state index contributed by atoms with van der Waals surface area (Å²) >= 11 is 0. The normalized spacial score (nSPS) is 32.5. The van der Waals surface area contributed by atoms with Gasteiger partial charge in [-0.3, -0.25) is 0 Å². The monoisotopic (exact) mass is 867 g/mol. The van der Waals surface area contributed by atoms with Gasteiger partial charge in [-0.15, -0.1) is 0 Å². The maximum atomic E-state index is 8.02. The van der Waals surface area contributed by atoms with Crippen molar-refractivity contribution in [1.82, 2.24) is 0 Å². The van der Waals surface area contributed by atoms with E-state index in [2.05, 4.69) is 177 Å². The molecule has 6 unspecified atom stereocenters. The maximum absolute atomic E-state index is 8.02. The van der Waals surface area contributed by atoms with Crippen LogP contribution in [0.25, 0.3) is 21.9 Å². The molecule has 3 nitrogen and oxygen atoms in total. The average Bonchev–Trinajstić information content (AvgIpc) is 3.70. The number of allylic oxidation sites excluding steroid dienone is 3. The first-order valence-corrected chi connectivity index (χ1v) is 25.9. The van der Waals surface area contributed by atoms with E-state index in [1.54, 1.807) is 16.7 Å². The molecule has 334 valence electrons. The summed E-state index contributed by atoms with van der Waals surface area (Å²) in [6.45, 7) is 27.9. The number of nitrogens with zero attached hydrogens (tertiary/aromatic N) is 2. The van der Waals surface area contributed by atoms with Gasteiger partial charge in [0.05, 0.1) is 11.0 Å². The van der Waals surface area contributed by atoms with Crippen molar-refractivity contribution in [3.63, 3.8) is 0 Å². The van der Waals surface area contributed by atoms with Gasteiger partial charge < -0.3 is 14.4 Å². The van der Waals surface area contributed by atoms with Gasteiger partial charge in [-0.2, -0.15) is 0 Å². The van der Waals surface area contributed by atoms with Crippen molar-refractivity contribution in [3.05, 3.63) is 147 Å². The van der Waals surface area contributed by atoms with Crippen LogP contribution in [0.1, 0.15) is 161 Å². The van der Waals surface area contributed by atoms with Crippen molar-refractivity contribution in [2.45, 2.75) is 172 Å². The number of hydrogen-bond acceptors (Lipinski definition) is 3. The number of anilines is 3. The van der Waals surface area contributed by atoms with Gasteiger partial charge in [0.25, 0.3) is 0 Å². The number of aryl methyl sites for hydroxylation is 1. The van der Waals surface area contributed by atoms with Gasteiger partial charge in [0.15, 0.2) is 0 Å². The zero-order chi connectivity index (χ0) is 45.5. The Labute approximate surface area is 394 Å². The summed E-state index contributed by atoms with van der Waals surface area (Å²) in [6.07, 6.45) is 16.0. The molecule has 5 heterocycles. The third kappa shape index (κ3) is 4.26. The lowest BCUT2D eigenvalue weighted by atomic mass is 9.33. The van der Waals surface area contributed by atoms with Crippen LogP contribution < -0.4 is 19.9 Å². The van der Waals surface area contributed by atoms with Crippen molar-refractivity contribution >= 4 is 40.1 Å². The second kappa shape index (κ2) is 12.2.